The molecule has 2 amide bonds. The molecular formula is C12H17N3O4. The number of carbonyl (C=O) groups excluding carboxylic acids is 2. The Morgan fingerprint density at radius 3 is 2.89 bits per heavy atom. The van der Waals surface area contributed by atoms with Gasteiger partial charge in [-0.25, -0.2) is 5.48 Å². The summed E-state index contributed by atoms with van der Waals surface area (Å²) in [5, 5.41) is 12.5. The van der Waals surface area contributed by atoms with Crippen molar-refractivity contribution in [2.24, 2.45) is 0 Å². The molecule has 2 rings (SSSR count). The van der Waals surface area contributed by atoms with Crippen LogP contribution in [0.5, 0.6) is 0 Å². The fourth-order valence-corrected chi connectivity index (χ4v) is 2.34. The molecule has 0 aliphatic carbocycles. The van der Waals surface area contributed by atoms with Crippen molar-refractivity contribution in [1.82, 2.24) is 15.5 Å². The Hall–Kier alpha value is -1.89. The summed E-state index contributed by atoms with van der Waals surface area (Å²) in [4.78, 5) is 25.3. The zero-order valence-electron chi connectivity index (χ0n) is 11.1. The van der Waals surface area contributed by atoms with Crippen LogP contribution in [-0.4, -0.2) is 39.7 Å². The maximum atomic E-state index is 12.5. The number of amides is 2. The molecule has 1 unspecified atom stereocenters. The van der Waals surface area contributed by atoms with Gasteiger partial charge in [0, 0.05) is 12.6 Å². The van der Waals surface area contributed by atoms with Crippen molar-refractivity contribution in [3.63, 3.8) is 0 Å². The van der Waals surface area contributed by atoms with Gasteiger partial charge in [0.2, 0.25) is 5.91 Å². The fourth-order valence-electron chi connectivity index (χ4n) is 2.34. The van der Waals surface area contributed by atoms with Crippen LogP contribution in [0.4, 0.5) is 0 Å². The van der Waals surface area contributed by atoms with Crippen LogP contribution >= 0.6 is 0 Å². The van der Waals surface area contributed by atoms with Gasteiger partial charge in [-0.15, -0.1) is 0 Å². The summed E-state index contributed by atoms with van der Waals surface area (Å²) in [6.07, 6.45) is 0.556. The van der Waals surface area contributed by atoms with Gasteiger partial charge in [0.25, 0.3) is 5.91 Å². The minimum absolute atomic E-state index is 0.183. The third-order valence-corrected chi connectivity index (χ3v) is 3.74. The Kier molecular flexibility index (Phi) is 3.32. The summed E-state index contributed by atoms with van der Waals surface area (Å²) in [5.74, 6) is -0.144. The third-order valence-electron chi connectivity index (χ3n) is 3.74. The summed E-state index contributed by atoms with van der Waals surface area (Å²) < 4.78 is 5.01. The van der Waals surface area contributed by atoms with Crippen LogP contribution in [0.2, 0.25) is 0 Å². The summed E-state index contributed by atoms with van der Waals surface area (Å²) >= 11 is 0. The van der Waals surface area contributed by atoms with E-state index < -0.39 is 17.4 Å². The zero-order chi connectivity index (χ0) is 14.2. The van der Waals surface area contributed by atoms with E-state index >= 15 is 0 Å². The van der Waals surface area contributed by atoms with E-state index in [-0.39, 0.29) is 5.91 Å². The normalized spacial score (nSPS) is 24.6. The van der Waals surface area contributed by atoms with Gasteiger partial charge in [-0.05, 0) is 27.2 Å². The number of nitrogens with zero attached hydrogens (tertiary/aromatic N) is 2. The largest absolute Gasteiger partial charge is 0.361 e. The first-order valence-electron chi connectivity index (χ1n) is 6.09. The number of carbonyl (C=O) groups is 2. The van der Waals surface area contributed by atoms with Crippen molar-refractivity contribution >= 4 is 11.8 Å². The molecule has 2 N–H and O–H groups in total. The van der Waals surface area contributed by atoms with Gasteiger partial charge in [-0.3, -0.25) is 14.8 Å². The van der Waals surface area contributed by atoms with Crippen molar-refractivity contribution < 1.29 is 19.3 Å². The highest BCUT2D eigenvalue weighted by Crippen LogP contribution is 2.35. The number of nitrogens with one attached hydrogen (secondary N) is 1. The molecule has 1 aromatic heterocycles. The predicted octanol–water partition coefficient (Wildman–Crippen LogP) is 0.367. The maximum Gasteiger partial charge on any atom is 0.265 e. The maximum absolute atomic E-state index is 12.5. The molecule has 1 aliphatic rings. The molecule has 0 radical (unpaired) electrons. The third kappa shape index (κ3) is 2.10. The standard InChI is InChI=1S/C12H17N3O4/c1-7-6-9(14-19-7)12(3)4-5-15(11(12)17)8(2)10(16)13-18/h6,8,18H,4-5H2,1-3H3,(H,13,16)/t8-,12?/m1/s1. The Bertz CT molecular complexity index is 513. The van der Waals surface area contributed by atoms with Gasteiger partial charge in [0.05, 0.1) is 11.1 Å². The minimum atomic E-state index is -0.776. The van der Waals surface area contributed by atoms with Crippen molar-refractivity contribution in [2.45, 2.75) is 38.6 Å². The predicted molar refractivity (Wildman–Crippen MR) is 64.3 cm³/mol. The lowest BCUT2D eigenvalue weighted by Gasteiger charge is -2.25. The number of hydrogen-bond acceptors (Lipinski definition) is 5. The van der Waals surface area contributed by atoms with E-state index in [1.54, 1.807) is 32.3 Å². The number of hydrogen-bond donors (Lipinski definition) is 2. The molecule has 7 heteroatoms. The molecule has 19 heavy (non-hydrogen) atoms. The smallest absolute Gasteiger partial charge is 0.265 e. The van der Waals surface area contributed by atoms with Crippen LogP contribution in [-0.2, 0) is 15.0 Å². The molecule has 2 heterocycles. The lowest BCUT2D eigenvalue weighted by Crippen LogP contribution is -2.47. The molecular weight excluding hydrogens is 250 g/mol. The summed E-state index contributed by atoms with van der Waals surface area (Å²) in [7, 11) is 0. The molecule has 7 nitrogen and oxygen atoms in total. The van der Waals surface area contributed by atoms with Crippen LogP contribution in [0, 0.1) is 6.92 Å². The van der Waals surface area contributed by atoms with Crippen LogP contribution in [0.1, 0.15) is 31.7 Å². The molecule has 2 atom stereocenters. The average Bonchev–Trinajstić information content (AvgIpc) is 2.95. The minimum Gasteiger partial charge on any atom is -0.361 e. The average molecular weight is 267 g/mol. The fraction of sp³-hybridized carbons (Fsp3) is 0.583. The Balaban J connectivity index is 2.24. The topological polar surface area (TPSA) is 95.7 Å². The Labute approximate surface area is 110 Å². The number of rotatable bonds is 3. The number of likely N-dealkylation sites (tertiary alicyclic amines) is 1. The van der Waals surface area contributed by atoms with E-state index in [4.69, 9.17) is 9.73 Å². The lowest BCUT2D eigenvalue weighted by molar-refractivity contribution is -0.143. The molecule has 1 aromatic rings. The van der Waals surface area contributed by atoms with Crippen molar-refractivity contribution in [3.8, 4) is 0 Å². The van der Waals surface area contributed by atoms with Gasteiger partial charge < -0.3 is 9.42 Å². The first-order chi connectivity index (χ1) is 8.90. The van der Waals surface area contributed by atoms with Gasteiger partial charge in [-0.1, -0.05) is 5.16 Å². The molecule has 0 saturated carbocycles. The summed E-state index contributed by atoms with van der Waals surface area (Å²) in [6.45, 7) is 5.56. The van der Waals surface area contributed by atoms with E-state index in [2.05, 4.69) is 5.16 Å². The van der Waals surface area contributed by atoms with Gasteiger partial charge >= 0.3 is 0 Å². The van der Waals surface area contributed by atoms with Crippen LogP contribution in [0.3, 0.4) is 0 Å². The van der Waals surface area contributed by atoms with Crippen LogP contribution < -0.4 is 5.48 Å². The molecule has 1 saturated heterocycles. The second-order valence-electron chi connectivity index (χ2n) is 5.06. The highest BCUT2D eigenvalue weighted by molar-refractivity contribution is 5.93. The Morgan fingerprint density at radius 1 is 1.68 bits per heavy atom. The molecule has 104 valence electrons. The highest BCUT2D eigenvalue weighted by Gasteiger charge is 2.48. The summed E-state index contributed by atoms with van der Waals surface area (Å²) in [6, 6.07) is 1.02. The van der Waals surface area contributed by atoms with E-state index in [1.807, 2.05) is 0 Å². The van der Waals surface area contributed by atoms with E-state index in [9.17, 15) is 9.59 Å². The highest BCUT2D eigenvalue weighted by atomic mass is 16.5. The first kappa shape index (κ1) is 13.5. The second-order valence-corrected chi connectivity index (χ2v) is 5.06. The lowest BCUT2D eigenvalue weighted by atomic mass is 9.85. The quantitative estimate of drug-likeness (QED) is 0.609. The van der Waals surface area contributed by atoms with E-state index in [0.29, 0.717) is 24.4 Å². The van der Waals surface area contributed by atoms with Crippen LogP contribution in [0.25, 0.3) is 0 Å². The first-order valence-corrected chi connectivity index (χ1v) is 6.09. The monoisotopic (exact) mass is 267 g/mol. The van der Waals surface area contributed by atoms with Crippen LogP contribution in [0.15, 0.2) is 10.6 Å². The van der Waals surface area contributed by atoms with Gasteiger partial charge in [0.15, 0.2) is 0 Å². The molecule has 0 bridgehead atoms. The number of hydroxylamine groups is 1. The molecule has 0 aromatic carbocycles. The van der Waals surface area contributed by atoms with Gasteiger partial charge in [-0.2, -0.15) is 0 Å². The number of aromatic nitrogens is 1. The zero-order valence-corrected chi connectivity index (χ0v) is 11.1. The Morgan fingerprint density at radius 2 is 2.37 bits per heavy atom. The molecule has 1 fully saturated rings. The van der Waals surface area contributed by atoms with Gasteiger partial charge in [0.1, 0.15) is 11.8 Å². The second kappa shape index (κ2) is 4.65. The van der Waals surface area contributed by atoms with Crippen molar-refractivity contribution in [1.29, 1.82) is 0 Å². The van der Waals surface area contributed by atoms with Crippen molar-refractivity contribution in [3.05, 3.63) is 17.5 Å². The number of aryl methyl sites for hydroxylation is 1. The van der Waals surface area contributed by atoms with Crippen molar-refractivity contribution in [2.75, 3.05) is 6.54 Å². The van der Waals surface area contributed by atoms with E-state index in [1.165, 1.54) is 4.90 Å². The molecule has 0 spiro atoms. The molecule has 1 aliphatic heterocycles. The SMILES string of the molecule is Cc1cc(C2(C)CCN([C@H](C)C(=O)NO)C2=O)no1. The summed E-state index contributed by atoms with van der Waals surface area (Å²) in [5.41, 5.74) is 1.37. The van der Waals surface area contributed by atoms with E-state index in [0.717, 1.165) is 0 Å².